The number of carbonyl (C=O) groups is 4. The molecule has 0 aliphatic heterocycles. The predicted molar refractivity (Wildman–Crippen MR) is 174 cm³/mol. The fourth-order valence-corrected chi connectivity index (χ4v) is 5.07. The summed E-state index contributed by atoms with van der Waals surface area (Å²) in [6, 6.07) is 5.89. The molecule has 0 heterocycles. The van der Waals surface area contributed by atoms with Crippen molar-refractivity contribution < 1.29 is 28.7 Å². The summed E-state index contributed by atoms with van der Waals surface area (Å²) in [5.41, 5.74) is 1.06. The Kier molecular flexibility index (Phi) is 18.7. The van der Waals surface area contributed by atoms with E-state index in [-0.39, 0.29) is 31.4 Å². The van der Waals surface area contributed by atoms with Crippen LogP contribution < -0.4 is 10.6 Å². The van der Waals surface area contributed by atoms with E-state index in [4.69, 9.17) is 9.47 Å². The van der Waals surface area contributed by atoms with Gasteiger partial charge in [-0.05, 0) is 70.1 Å². The molecule has 0 radical (unpaired) electrons. The zero-order chi connectivity index (χ0) is 32.3. The smallest absolute Gasteiger partial charge is 0.408 e. The maximum atomic E-state index is 14.3. The molecular weight excluding hydrogens is 566 g/mol. The van der Waals surface area contributed by atoms with E-state index < -0.39 is 29.7 Å². The Morgan fingerprint density at radius 3 is 2.19 bits per heavy atom. The first-order valence-electron chi connectivity index (χ1n) is 15.8. The highest BCUT2D eigenvalue weighted by Gasteiger charge is 2.36. The van der Waals surface area contributed by atoms with E-state index in [1.165, 1.54) is 0 Å². The van der Waals surface area contributed by atoms with Crippen LogP contribution in [0.5, 0.6) is 0 Å². The number of aryl methyl sites for hydroxylation is 1. The second kappa shape index (κ2) is 21.0. The summed E-state index contributed by atoms with van der Waals surface area (Å²) in [5, 5.41) is 5.64. The van der Waals surface area contributed by atoms with Gasteiger partial charge in [-0.2, -0.15) is 11.8 Å². The van der Waals surface area contributed by atoms with Gasteiger partial charge in [0.05, 0.1) is 13.0 Å². The van der Waals surface area contributed by atoms with Gasteiger partial charge >= 0.3 is 12.1 Å². The molecule has 0 saturated carbocycles. The van der Waals surface area contributed by atoms with Crippen LogP contribution in [0.3, 0.4) is 0 Å². The van der Waals surface area contributed by atoms with E-state index in [1.54, 1.807) is 44.4 Å². The van der Waals surface area contributed by atoms with Crippen molar-refractivity contribution in [3.8, 4) is 0 Å². The predicted octanol–water partition coefficient (Wildman–Crippen LogP) is 6.20. The van der Waals surface area contributed by atoms with Crippen molar-refractivity contribution in [2.24, 2.45) is 0 Å². The van der Waals surface area contributed by atoms with Gasteiger partial charge in [0.1, 0.15) is 17.7 Å². The van der Waals surface area contributed by atoms with Gasteiger partial charge in [0.15, 0.2) is 0 Å². The van der Waals surface area contributed by atoms with E-state index in [9.17, 15) is 19.2 Å². The SMILES string of the molecule is CCCCCCCCN(C(=O)C(CCSC)NC(=O)OC(C)(C)C)C(C(=O)NCCC(=O)OCC)c1ccc(CC)cc1. The van der Waals surface area contributed by atoms with Gasteiger partial charge in [-0.25, -0.2) is 4.79 Å². The maximum Gasteiger partial charge on any atom is 0.408 e. The molecule has 244 valence electrons. The third-order valence-corrected chi connectivity index (χ3v) is 7.48. The lowest BCUT2D eigenvalue weighted by Gasteiger charge is -2.34. The van der Waals surface area contributed by atoms with Crippen LogP contribution in [0.15, 0.2) is 24.3 Å². The summed E-state index contributed by atoms with van der Waals surface area (Å²) in [6.07, 6.45) is 8.64. The van der Waals surface area contributed by atoms with Crippen molar-refractivity contribution in [2.45, 2.75) is 117 Å². The van der Waals surface area contributed by atoms with Crippen molar-refractivity contribution in [1.82, 2.24) is 15.5 Å². The number of esters is 1. The van der Waals surface area contributed by atoms with Crippen LogP contribution in [0.1, 0.15) is 110 Å². The first-order chi connectivity index (χ1) is 20.5. The highest BCUT2D eigenvalue weighted by molar-refractivity contribution is 7.98. The van der Waals surface area contributed by atoms with Crippen LogP contribution >= 0.6 is 11.8 Å². The van der Waals surface area contributed by atoms with Crippen LogP contribution in [0.4, 0.5) is 4.79 Å². The van der Waals surface area contributed by atoms with Crippen LogP contribution in [0.25, 0.3) is 0 Å². The molecule has 3 amide bonds. The molecule has 2 N–H and O–H groups in total. The molecule has 10 heteroatoms. The van der Waals surface area contributed by atoms with Crippen LogP contribution in [0, 0.1) is 0 Å². The van der Waals surface area contributed by atoms with Crippen LogP contribution in [-0.4, -0.2) is 72.1 Å². The van der Waals surface area contributed by atoms with Gasteiger partial charge in [0.25, 0.3) is 0 Å². The lowest BCUT2D eigenvalue weighted by atomic mass is 9.99. The fraction of sp³-hybridized carbons (Fsp3) is 0.697. The number of ether oxygens (including phenoxy) is 2. The molecule has 0 aliphatic rings. The van der Waals surface area contributed by atoms with Crippen molar-refractivity contribution in [2.75, 3.05) is 31.7 Å². The molecule has 0 bridgehead atoms. The molecule has 0 spiro atoms. The molecule has 0 fully saturated rings. The Morgan fingerprint density at radius 2 is 1.60 bits per heavy atom. The van der Waals surface area contributed by atoms with Gasteiger partial charge in [-0.1, -0.05) is 70.2 Å². The second-order valence-corrected chi connectivity index (χ2v) is 12.6. The minimum atomic E-state index is -0.937. The summed E-state index contributed by atoms with van der Waals surface area (Å²) in [4.78, 5) is 54.5. The number of alkyl carbamates (subject to hydrolysis) is 1. The summed E-state index contributed by atoms with van der Waals surface area (Å²) >= 11 is 1.58. The van der Waals surface area contributed by atoms with Crippen LogP contribution in [0.2, 0.25) is 0 Å². The van der Waals surface area contributed by atoms with Gasteiger partial charge in [0.2, 0.25) is 11.8 Å². The molecule has 0 aromatic heterocycles. The summed E-state index contributed by atoms with van der Waals surface area (Å²) in [5.74, 6) is -0.476. The monoisotopic (exact) mass is 621 g/mol. The number of thioether (sulfide) groups is 1. The zero-order valence-electron chi connectivity index (χ0n) is 27.5. The number of carbonyl (C=O) groups excluding carboxylic acids is 4. The molecule has 0 saturated heterocycles. The highest BCUT2D eigenvalue weighted by atomic mass is 32.2. The quantitative estimate of drug-likeness (QED) is 0.132. The molecule has 2 unspecified atom stereocenters. The summed E-state index contributed by atoms with van der Waals surface area (Å²) in [7, 11) is 0. The Balaban J connectivity index is 3.42. The van der Waals surface area contributed by atoms with Gasteiger partial charge in [0, 0.05) is 13.1 Å². The van der Waals surface area contributed by atoms with Crippen LogP contribution in [-0.2, 0) is 30.3 Å². The number of amides is 3. The van der Waals surface area contributed by atoms with E-state index in [0.717, 1.165) is 50.5 Å². The van der Waals surface area contributed by atoms with Crippen molar-refractivity contribution >= 4 is 35.6 Å². The zero-order valence-corrected chi connectivity index (χ0v) is 28.3. The number of nitrogens with one attached hydrogen (secondary N) is 2. The van der Waals surface area contributed by atoms with Gasteiger partial charge < -0.3 is 25.0 Å². The number of rotatable bonds is 20. The Hall–Kier alpha value is -2.75. The molecule has 43 heavy (non-hydrogen) atoms. The second-order valence-electron chi connectivity index (χ2n) is 11.6. The molecule has 1 aromatic carbocycles. The maximum absolute atomic E-state index is 14.3. The third-order valence-electron chi connectivity index (χ3n) is 6.83. The largest absolute Gasteiger partial charge is 0.466 e. The van der Waals surface area contributed by atoms with E-state index in [2.05, 4.69) is 24.5 Å². The van der Waals surface area contributed by atoms with Crippen molar-refractivity contribution in [1.29, 1.82) is 0 Å². The Labute approximate surface area is 263 Å². The highest BCUT2D eigenvalue weighted by Crippen LogP contribution is 2.25. The average Bonchev–Trinajstić information content (AvgIpc) is 2.95. The number of hydrogen-bond acceptors (Lipinski definition) is 7. The minimum Gasteiger partial charge on any atom is -0.466 e. The first kappa shape index (κ1) is 38.3. The molecule has 1 aromatic rings. The standard InChI is InChI=1S/C33H55N3O6S/c1-8-11-12-13-14-15-23-36(31(39)27(21-24-43-7)35-32(40)42-33(4,5)6)29(26-18-16-25(9-2)17-19-26)30(38)34-22-20-28(37)41-10-3/h16-19,27,29H,8-15,20-24H2,1-7H3,(H,34,38)(H,35,40). The topological polar surface area (TPSA) is 114 Å². The van der Waals surface area contributed by atoms with Crippen molar-refractivity contribution in [3.05, 3.63) is 35.4 Å². The van der Waals surface area contributed by atoms with Gasteiger partial charge in [-0.15, -0.1) is 0 Å². The van der Waals surface area contributed by atoms with E-state index in [0.29, 0.717) is 24.3 Å². The van der Waals surface area contributed by atoms with Crippen molar-refractivity contribution in [3.63, 3.8) is 0 Å². The number of hydrogen-bond donors (Lipinski definition) is 2. The molecule has 9 nitrogen and oxygen atoms in total. The third kappa shape index (κ3) is 15.5. The molecular formula is C33H55N3O6S. The lowest BCUT2D eigenvalue weighted by Crippen LogP contribution is -2.53. The summed E-state index contributed by atoms with van der Waals surface area (Å²) < 4.78 is 10.5. The fourth-order valence-electron chi connectivity index (χ4n) is 4.60. The lowest BCUT2D eigenvalue weighted by molar-refractivity contribution is -0.144. The number of nitrogens with zero attached hydrogens (tertiary/aromatic N) is 1. The van der Waals surface area contributed by atoms with E-state index >= 15 is 0 Å². The number of benzene rings is 1. The minimum absolute atomic E-state index is 0.0307. The Morgan fingerprint density at radius 1 is 0.953 bits per heavy atom. The summed E-state index contributed by atoms with van der Waals surface area (Å²) in [6.45, 7) is 12.0. The first-order valence-corrected chi connectivity index (χ1v) is 17.2. The molecule has 1 rings (SSSR count). The average molecular weight is 622 g/mol. The van der Waals surface area contributed by atoms with Gasteiger partial charge in [-0.3, -0.25) is 14.4 Å². The van der Waals surface area contributed by atoms with E-state index in [1.807, 2.05) is 30.5 Å². The molecule has 0 aliphatic carbocycles. The molecule has 2 atom stereocenters. The Bertz CT molecular complexity index is 980. The number of unbranched alkanes of at least 4 members (excludes halogenated alkanes) is 5. The normalized spacial score (nSPS) is 12.6.